The lowest BCUT2D eigenvalue weighted by atomic mass is 10.1. The van der Waals surface area contributed by atoms with Crippen molar-refractivity contribution >= 4 is 86.9 Å². The van der Waals surface area contributed by atoms with Gasteiger partial charge in [0, 0.05) is 35.1 Å². The van der Waals surface area contributed by atoms with Crippen LogP contribution in [0.2, 0.25) is 0 Å². The number of anilines is 1. The average Bonchev–Trinajstić information content (AvgIpc) is 3.53. The molecule has 0 amide bonds. The van der Waals surface area contributed by atoms with Crippen molar-refractivity contribution in [3.8, 4) is 0 Å². The van der Waals surface area contributed by atoms with Crippen LogP contribution in [0.5, 0.6) is 0 Å². The maximum atomic E-state index is 11.5. The maximum Gasteiger partial charge on any atom is 0.264 e. The van der Waals surface area contributed by atoms with Crippen LogP contribution in [-0.4, -0.2) is 44.0 Å². The maximum absolute atomic E-state index is 11.5. The predicted molar refractivity (Wildman–Crippen MR) is 183 cm³/mol. The fourth-order valence-corrected chi connectivity index (χ4v) is 9.11. The summed E-state index contributed by atoms with van der Waals surface area (Å²) in [4.78, 5) is 3.22. The van der Waals surface area contributed by atoms with E-state index in [0.29, 0.717) is 19.5 Å². The normalized spacial score (nSPS) is 15.1. The fraction of sp³-hybridized carbons (Fsp3) is 0.242. The summed E-state index contributed by atoms with van der Waals surface area (Å²) in [6, 6.07) is 24.5. The molecule has 1 aliphatic rings. The van der Waals surface area contributed by atoms with Crippen molar-refractivity contribution in [3.05, 3.63) is 94.5 Å². The Morgan fingerprint density at radius 3 is 2.31 bits per heavy atom. The van der Waals surface area contributed by atoms with E-state index in [1.54, 1.807) is 23.1 Å². The number of hydrogen-bond donors (Lipinski definition) is 1. The molecule has 4 aromatic carbocycles. The van der Waals surface area contributed by atoms with Crippen LogP contribution >= 0.6 is 23.1 Å². The van der Waals surface area contributed by atoms with E-state index in [1.807, 2.05) is 30.3 Å². The van der Waals surface area contributed by atoms with E-state index in [9.17, 15) is 25.9 Å². The lowest BCUT2D eigenvalue weighted by Crippen LogP contribution is -2.36. The van der Waals surface area contributed by atoms with Gasteiger partial charge in [0.05, 0.1) is 32.0 Å². The van der Waals surface area contributed by atoms with Crippen LogP contribution in [0.1, 0.15) is 31.2 Å². The van der Waals surface area contributed by atoms with Crippen molar-refractivity contribution in [2.24, 2.45) is 0 Å². The number of thiazole rings is 1. The number of thioether (sulfide) groups is 1. The van der Waals surface area contributed by atoms with E-state index < -0.39 is 26.0 Å². The molecule has 234 valence electrons. The van der Waals surface area contributed by atoms with Gasteiger partial charge in [0.1, 0.15) is 4.70 Å². The van der Waals surface area contributed by atoms with E-state index >= 15 is 0 Å². The second kappa shape index (κ2) is 12.9. The minimum atomic E-state index is -4.34. The van der Waals surface area contributed by atoms with Crippen LogP contribution in [0, 0.1) is 0 Å². The molecule has 8 nitrogen and oxygen atoms in total. The number of fused-ring (bicyclic) bond motifs is 6. The zero-order chi connectivity index (χ0) is 31.8. The Morgan fingerprint density at radius 2 is 1.60 bits per heavy atom. The lowest BCUT2D eigenvalue weighted by Gasteiger charge is -2.22. The Kier molecular flexibility index (Phi) is 9.06. The third-order valence-corrected chi connectivity index (χ3v) is 11.6. The van der Waals surface area contributed by atoms with E-state index in [1.165, 1.54) is 0 Å². The Labute approximate surface area is 271 Å². The molecule has 0 unspecified atom stereocenters. The van der Waals surface area contributed by atoms with E-state index in [4.69, 9.17) is 0 Å². The molecular formula is C33H32N2O6S4. The fourth-order valence-electron chi connectivity index (χ4n) is 5.77. The summed E-state index contributed by atoms with van der Waals surface area (Å²) in [6.45, 7) is 2.86. The standard InChI is InChI=1S/C33H32N2O6S4/c1-2-23(21-30-34(17-7-19-44(36,37)38)32-26-11-5-3-9-24(26)13-15-28(32)42-30)22-31-35(18-8-20-45(39,40)41)33-27-12-6-4-10-25(27)14-16-29(33)43-31/h3-6,9-16,21-22H,2,7-8,17-20H2,1H3,(H-,36,37,38,39,40,41). The number of nitrogens with zero attached hydrogens (tertiary/aromatic N) is 2. The van der Waals surface area contributed by atoms with Gasteiger partial charge < -0.3 is 9.45 Å². The van der Waals surface area contributed by atoms with Gasteiger partial charge in [0.25, 0.3) is 15.1 Å². The van der Waals surface area contributed by atoms with Gasteiger partial charge in [-0.3, -0.25) is 4.55 Å². The molecule has 0 saturated carbocycles. The molecule has 1 aliphatic heterocycles. The third-order valence-electron chi connectivity index (χ3n) is 7.81. The van der Waals surface area contributed by atoms with E-state index in [0.717, 1.165) is 58.0 Å². The highest BCUT2D eigenvalue weighted by atomic mass is 32.2. The van der Waals surface area contributed by atoms with Crippen molar-refractivity contribution in [2.45, 2.75) is 37.6 Å². The van der Waals surface area contributed by atoms with Gasteiger partial charge >= 0.3 is 0 Å². The molecular weight excluding hydrogens is 649 g/mol. The van der Waals surface area contributed by atoms with Gasteiger partial charge in [-0.2, -0.15) is 13.0 Å². The van der Waals surface area contributed by atoms with Crippen LogP contribution < -0.4 is 9.47 Å². The van der Waals surface area contributed by atoms with Gasteiger partial charge in [-0.25, -0.2) is 8.42 Å². The zero-order valence-corrected chi connectivity index (χ0v) is 27.8. The Bertz CT molecular complexity index is 2210. The monoisotopic (exact) mass is 680 g/mol. The molecule has 45 heavy (non-hydrogen) atoms. The van der Waals surface area contributed by atoms with Gasteiger partial charge in [-0.15, -0.1) is 0 Å². The minimum Gasteiger partial charge on any atom is -0.748 e. The first-order chi connectivity index (χ1) is 21.5. The van der Waals surface area contributed by atoms with Crippen LogP contribution in [0.15, 0.2) is 94.4 Å². The van der Waals surface area contributed by atoms with Crippen LogP contribution in [0.3, 0.4) is 0 Å². The summed E-state index contributed by atoms with van der Waals surface area (Å²) in [7, 11) is -8.44. The van der Waals surface area contributed by atoms with Gasteiger partial charge in [0.15, 0.2) is 6.54 Å². The minimum absolute atomic E-state index is 0.203. The molecule has 2 heterocycles. The second-order valence-electron chi connectivity index (χ2n) is 10.9. The highest BCUT2D eigenvalue weighted by molar-refractivity contribution is 8.03. The first kappa shape index (κ1) is 31.7. The number of rotatable bonds is 11. The number of aromatic nitrogens is 1. The summed E-state index contributed by atoms with van der Waals surface area (Å²) >= 11 is 3.25. The van der Waals surface area contributed by atoms with Crippen molar-refractivity contribution < 1.29 is 30.5 Å². The molecule has 5 aromatic rings. The van der Waals surface area contributed by atoms with Gasteiger partial charge in [0.2, 0.25) is 5.52 Å². The SMILES string of the molecule is CCC(=C/c1sc2ccc3ccccc3c2[n+]1CCCS(=O)(=O)[O-])/C=C1\Sc2ccc3ccccc3c2N1CCCS(=O)(=O)O. The summed E-state index contributed by atoms with van der Waals surface area (Å²) in [5.41, 5.74) is 3.07. The molecule has 6 rings (SSSR count). The molecule has 0 bridgehead atoms. The highest BCUT2D eigenvalue weighted by Crippen LogP contribution is 2.50. The Morgan fingerprint density at radius 1 is 0.911 bits per heavy atom. The average molecular weight is 681 g/mol. The largest absolute Gasteiger partial charge is 0.748 e. The lowest BCUT2D eigenvalue weighted by molar-refractivity contribution is -0.667. The highest BCUT2D eigenvalue weighted by Gasteiger charge is 2.28. The third kappa shape index (κ3) is 7.11. The molecule has 0 radical (unpaired) electrons. The predicted octanol–water partition coefficient (Wildman–Crippen LogP) is 6.96. The van der Waals surface area contributed by atoms with Gasteiger partial charge in [-0.05, 0) is 53.5 Å². The quantitative estimate of drug-likeness (QED) is 0.118. The van der Waals surface area contributed by atoms with Crippen molar-refractivity contribution in [3.63, 3.8) is 0 Å². The smallest absolute Gasteiger partial charge is 0.264 e. The zero-order valence-electron chi connectivity index (χ0n) is 24.5. The number of allylic oxidation sites excluding steroid dienone is 2. The van der Waals surface area contributed by atoms with Crippen LogP contribution in [-0.2, 0) is 26.8 Å². The molecule has 1 aromatic heterocycles. The second-order valence-corrected chi connectivity index (χ2v) is 16.1. The summed E-state index contributed by atoms with van der Waals surface area (Å²) < 4.78 is 70.0. The summed E-state index contributed by atoms with van der Waals surface area (Å²) in [6.07, 6.45) is 5.42. The molecule has 0 spiro atoms. The topological polar surface area (TPSA) is 119 Å². The molecule has 0 saturated heterocycles. The molecule has 1 N–H and O–H groups in total. The first-order valence-corrected chi connectivity index (χ1v) is 19.4. The molecule has 0 aliphatic carbocycles. The molecule has 0 fully saturated rings. The van der Waals surface area contributed by atoms with E-state index in [2.05, 4.69) is 71.0 Å². The van der Waals surface area contributed by atoms with Gasteiger partial charge in [-0.1, -0.05) is 84.6 Å². The van der Waals surface area contributed by atoms with Crippen LogP contribution in [0.4, 0.5) is 5.69 Å². The number of hydrogen-bond acceptors (Lipinski definition) is 8. The van der Waals surface area contributed by atoms with Crippen molar-refractivity contribution in [2.75, 3.05) is 23.0 Å². The van der Waals surface area contributed by atoms with Crippen molar-refractivity contribution in [1.29, 1.82) is 0 Å². The van der Waals surface area contributed by atoms with Crippen molar-refractivity contribution in [1.82, 2.24) is 0 Å². The Balaban J connectivity index is 1.44. The molecule has 0 atom stereocenters. The molecule has 12 heteroatoms. The summed E-state index contributed by atoms with van der Waals surface area (Å²) in [5, 5.41) is 6.20. The van der Waals surface area contributed by atoms with Crippen LogP contribution in [0.25, 0.3) is 37.8 Å². The first-order valence-electron chi connectivity index (χ1n) is 14.6. The number of aryl methyl sites for hydroxylation is 1. The Hall–Kier alpha value is -3.26. The van der Waals surface area contributed by atoms with E-state index in [-0.39, 0.29) is 18.6 Å². The number of benzene rings is 4. The summed E-state index contributed by atoms with van der Waals surface area (Å²) in [5.74, 6) is -0.760.